The predicted molar refractivity (Wildman–Crippen MR) is 160 cm³/mol. The van der Waals surface area contributed by atoms with Gasteiger partial charge in [0.25, 0.3) is 0 Å². The summed E-state index contributed by atoms with van der Waals surface area (Å²) in [4.78, 5) is 0. The number of rotatable bonds is 31. The Hall–Kier alpha value is 1.51. The van der Waals surface area contributed by atoms with E-state index >= 15 is 0 Å². The Labute approximate surface area is 282 Å². The van der Waals surface area contributed by atoms with Gasteiger partial charge in [0.2, 0.25) is 10.4 Å². The zero-order valence-corrected chi connectivity index (χ0v) is 30.1. The molecule has 0 aromatic carbocycles. The third-order valence-electron chi connectivity index (χ3n) is 7.88. The van der Waals surface area contributed by atoms with Gasteiger partial charge in [-0.3, -0.25) is 4.18 Å². The first-order chi connectivity index (χ1) is 18.0. The second-order valence-electron chi connectivity index (χ2n) is 11.6. The summed E-state index contributed by atoms with van der Waals surface area (Å²) in [5, 5.41) is 0. The molecule has 0 aromatic rings. The molecule has 0 N–H and O–H groups in total. The van der Waals surface area contributed by atoms with E-state index in [4.69, 9.17) is 0 Å². The Morgan fingerprint density at radius 1 is 0.474 bits per heavy atom. The Bertz CT molecular complexity index is 542. The minimum absolute atomic E-state index is 0. The fourth-order valence-electron chi connectivity index (χ4n) is 5.39. The SMILES string of the molecule is CCCCCCCCCCCCCCCCCCCCC(CCCCCCCCCC)COS(=O)(=O)[O-].[K+]. The first-order valence-electron chi connectivity index (χ1n) is 16.6. The van der Waals surface area contributed by atoms with Gasteiger partial charge in [0.15, 0.2) is 0 Å². The summed E-state index contributed by atoms with van der Waals surface area (Å²) >= 11 is 0. The molecule has 0 rings (SSSR count). The molecule has 0 amide bonds. The van der Waals surface area contributed by atoms with Gasteiger partial charge >= 0.3 is 51.4 Å². The Morgan fingerprint density at radius 2 is 0.711 bits per heavy atom. The fourth-order valence-corrected chi connectivity index (χ4v) is 5.75. The van der Waals surface area contributed by atoms with Gasteiger partial charge < -0.3 is 4.55 Å². The first kappa shape index (κ1) is 41.6. The van der Waals surface area contributed by atoms with Crippen LogP contribution in [0.1, 0.15) is 194 Å². The first-order valence-corrected chi connectivity index (χ1v) is 17.9. The van der Waals surface area contributed by atoms with Gasteiger partial charge in [0.05, 0.1) is 6.61 Å². The molecule has 0 aliphatic rings. The smallest absolute Gasteiger partial charge is 0.726 e. The maximum Gasteiger partial charge on any atom is 1.00 e. The second-order valence-corrected chi connectivity index (χ2v) is 12.7. The van der Waals surface area contributed by atoms with E-state index < -0.39 is 10.4 Å². The average Bonchev–Trinajstić information content (AvgIpc) is 2.87. The predicted octanol–water partition coefficient (Wildman–Crippen LogP) is 8.05. The molecular formula is C32H65KO4S. The summed E-state index contributed by atoms with van der Waals surface area (Å²) in [6, 6.07) is 0. The van der Waals surface area contributed by atoms with E-state index in [0.29, 0.717) is 0 Å². The van der Waals surface area contributed by atoms with Crippen LogP contribution in [0.15, 0.2) is 0 Å². The van der Waals surface area contributed by atoms with E-state index in [1.807, 2.05) is 0 Å². The van der Waals surface area contributed by atoms with Gasteiger partial charge in [-0.25, -0.2) is 8.42 Å². The molecule has 0 saturated carbocycles. The minimum Gasteiger partial charge on any atom is -0.726 e. The van der Waals surface area contributed by atoms with Gasteiger partial charge in [0, 0.05) is 0 Å². The van der Waals surface area contributed by atoms with Crippen LogP contribution in [-0.4, -0.2) is 19.6 Å². The van der Waals surface area contributed by atoms with E-state index in [0.717, 1.165) is 25.7 Å². The molecule has 0 heterocycles. The number of hydrogen-bond acceptors (Lipinski definition) is 4. The van der Waals surface area contributed by atoms with Crippen LogP contribution in [0.5, 0.6) is 0 Å². The zero-order chi connectivity index (χ0) is 27.3. The van der Waals surface area contributed by atoms with Crippen molar-refractivity contribution >= 4 is 10.4 Å². The van der Waals surface area contributed by atoms with E-state index in [1.54, 1.807) is 0 Å². The fraction of sp³-hybridized carbons (Fsp3) is 1.00. The molecule has 0 aliphatic carbocycles. The largest absolute Gasteiger partial charge is 1.00 e. The Kier molecular flexibility index (Phi) is 36.2. The Balaban J connectivity index is 0. The van der Waals surface area contributed by atoms with Crippen molar-refractivity contribution in [2.45, 2.75) is 194 Å². The van der Waals surface area contributed by atoms with Crippen LogP contribution < -0.4 is 51.4 Å². The van der Waals surface area contributed by atoms with Crippen molar-refractivity contribution in [1.29, 1.82) is 0 Å². The van der Waals surface area contributed by atoms with Crippen LogP contribution in [0.3, 0.4) is 0 Å². The van der Waals surface area contributed by atoms with Crippen molar-refractivity contribution in [1.82, 2.24) is 0 Å². The van der Waals surface area contributed by atoms with Crippen LogP contribution >= 0.6 is 0 Å². The summed E-state index contributed by atoms with van der Waals surface area (Å²) in [5.41, 5.74) is 0. The van der Waals surface area contributed by atoms with E-state index in [-0.39, 0.29) is 63.9 Å². The molecule has 0 bridgehead atoms. The summed E-state index contributed by atoms with van der Waals surface area (Å²) in [6.45, 7) is 4.59. The van der Waals surface area contributed by atoms with Crippen molar-refractivity contribution < 1.29 is 68.5 Å². The van der Waals surface area contributed by atoms with Crippen LogP contribution in [0.4, 0.5) is 0 Å². The van der Waals surface area contributed by atoms with Gasteiger partial charge in [-0.15, -0.1) is 0 Å². The van der Waals surface area contributed by atoms with Crippen LogP contribution in [0.25, 0.3) is 0 Å². The zero-order valence-electron chi connectivity index (χ0n) is 26.1. The van der Waals surface area contributed by atoms with Gasteiger partial charge in [-0.1, -0.05) is 181 Å². The third-order valence-corrected chi connectivity index (χ3v) is 8.30. The summed E-state index contributed by atoms with van der Waals surface area (Å²) < 4.78 is 37.3. The Morgan fingerprint density at radius 3 is 0.947 bits per heavy atom. The molecule has 6 heteroatoms. The minimum atomic E-state index is -4.58. The summed E-state index contributed by atoms with van der Waals surface area (Å²) in [7, 11) is -4.58. The average molecular weight is 585 g/mol. The van der Waals surface area contributed by atoms with Crippen LogP contribution in [-0.2, 0) is 14.6 Å². The van der Waals surface area contributed by atoms with Crippen molar-refractivity contribution in [2.75, 3.05) is 6.61 Å². The van der Waals surface area contributed by atoms with Gasteiger partial charge in [-0.05, 0) is 18.8 Å². The maximum absolute atomic E-state index is 10.9. The van der Waals surface area contributed by atoms with Crippen molar-refractivity contribution in [3.8, 4) is 0 Å². The third kappa shape index (κ3) is 35.5. The summed E-state index contributed by atoms with van der Waals surface area (Å²) in [6.07, 6.45) is 36.7. The molecular weight excluding hydrogens is 520 g/mol. The van der Waals surface area contributed by atoms with Crippen LogP contribution in [0.2, 0.25) is 0 Å². The summed E-state index contributed by atoms with van der Waals surface area (Å²) in [5.74, 6) is 0.199. The molecule has 224 valence electrons. The molecule has 0 aromatic heterocycles. The van der Waals surface area contributed by atoms with Crippen molar-refractivity contribution in [3.05, 3.63) is 0 Å². The standard InChI is InChI=1S/C32H66O4S.K/c1-3-5-7-9-11-13-14-15-16-17-18-19-20-21-22-24-26-28-30-32(31-36-37(33,34)35)29-27-25-23-12-10-8-6-4-2;/h32H,3-31H2,1-2H3,(H,33,34,35);/q;+1/p-1. The van der Waals surface area contributed by atoms with Crippen molar-refractivity contribution in [2.24, 2.45) is 5.92 Å². The maximum atomic E-state index is 10.9. The molecule has 0 fully saturated rings. The topological polar surface area (TPSA) is 66.4 Å². The normalized spacial score (nSPS) is 12.5. The number of hydrogen-bond donors (Lipinski definition) is 0. The molecule has 38 heavy (non-hydrogen) atoms. The number of unbranched alkanes of at least 4 members (excludes halogenated alkanes) is 24. The van der Waals surface area contributed by atoms with E-state index in [1.165, 1.54) is 154 Å². The van der Waals surface area contributed by atoms with E-state index in [2.05, 4.69) is 18.0 Å². The monoisotopic (exact) mass is 584 g/mol. The van der Waals surface area contributed by atoms with Gasteiger partial charge in [-0.2, -0.15) is 0 Å². The molecule has 0 radical (unpaired) electrons. The van der Waals surface area contributed by atoms with Crippen LogP contribution in [0, 0.1) is 5.92 Å². The van der Waals surface area contributed by atoms with Gasteiger partial charge in [0.1, 0.15) is 0 Å². The molecule has 4 nitrogen and oxygen atoms in total. The molecule has 1 atom stereocenters. The molecule has 0 saturated heterocycles. The molecule has 0 spiro atoms. The molecule has 1 unspecified atom stereocenters. The van der Waals surface area contributed by atoms with Crippen molar-refractivity contribution in [3.63, 3.8) is 0 Å². The quantitative estimate of drug-likeness (QED) is 0.0358. The molecule has 0 aliphatic heterocycles. The second kappa shape index (κ2) is 33.0. The van der Waals surface area contributed by atoms with E-state index in [9.17, 15) is 13.0 Å².